The summed E-state index contributed by atoms with van der Waals surface area (Å²) < 4.78 is 22.0. The van der Waals surface area contributed by atoms with Crippen LogP contribution in [0.15, 0.2) is 78.9 Å². The Morgan fingerprint density at radius 3 is 1.97 bits per heavy atom. The highest BCUT2D eigenvalue weighted by Crippen LogP contribution is 2.18. The first-order valence-electron chi connectivity index (χ1n) is 9.69. The zero-order valence-corrected chi connectivity index (χ0v) is 16.7. The fraction of sp³-hybridized carbons (Fsp3) is 0.250. The first kappa shape index (κ1) is 20.6. The highest BCUT2D eigenvalue weighted by Gasteiger charge is 2.00. The van der Waals surface area contributed by atoms with Crippen LogP contribution >= 0.6 is 0 Å². The first-order valence-corrected chi connectivity index (χ1v) is 9.69. The van der Waals surface area contributed by atoms with E-state index in [1.165, 1.54) is 0 Å². The molecule has 0 atom stereocenters. The van der Waals surface area contributed by atoms with Crippen LogP contribution in [0.5, 0.6) is 17.2 Å². The summed E-state index contributed by atoms with van der Waals surface area (Å²) in [5.41, 5.74) is 2.18. The molecule has 0 bridgehead atoms. The van der Waals surface area contributed by atoms with Crippen molar-refractivity contribution < 1.29 is 18.9 Å². The highest BCUT2D eigenvalue weighted by atomic mass is 16.5. The fourth-order valence-corrected chi connectivity index (χ4v) is 2.70. The van der Waals surface area contributed by atoms with Gasteiger partial charge in [0.25, 0.3) is 0 Å². The van der Waals surface area contributed by atoms with Gasteiger partial charge in [-0.25, -0.2) is 0 Å². The third-order valence-electron chi connectivity index (χ3n) is 4.17. The molecule has 5 heteroatoms. The summed E-state index contributed by atoms with van der Waals surface area (Å²) in [6.07, 6.45) is 0. The summed E-state index contributed by atoms with van der Waals surface area (Å²) >= 11 is 0. The second-order valence-corrected chi connectivity index (χ2v) is 6.38. The maximum absolute atomic E-state index is 5.80. The van der Waals surface area contributed by atoms with Crippen LogP contribution in [0.1, 0.15) is 5.56 Å². The number of rotatable bonds is 12. The maximum Gasteiger partial charge on any atom is 0.122 e. The monoisotopic (exact) mass is 393 g/mol. The number of para-hydroxylation sites is 1. The number of methoxy groups -OCH3 is 1. The van der Waals surface area contributed by atoms with Gasteiger partial charge in [0, 0.05) is 19.3 Å². The fourth-order valence-electron chi connectivity index (χ4n) is 2.70. The first-order chi connectivity index (χ1) is 14.3. The Labute approximate surface area is 172 Å². The van der Waals surface area contributed by atoms with Gasteiger partial charge >= 0.3 is 0 Å². The standard InChI is InChI=1S/C24H27NO4/c1-26-14-15-27-23-12-10-21(11-13-23)25-19-20-6-5-9-24(18-20)29-17-16-28-22-7-3-2-4-8-22/h2-13,18,25H,14-17,19H2,1H3. The smallest absolute Gasteiger partial charge is 0.122 e. The van der Waals surface area contributed by atoms with Crippen LogP contribution in [-0.2, 0) is 11.3 Å². The topological polar surface area (TPSA) is 49.0 Å². The van der Waals surface area contributed by atoms with Gasteiger partial charge in [-0.1, -0.05) is 30.3 Å². The van der Waals surface area contributed by atoms with Crippen molar-refractivity contribution in [2.24, 2.45) is 0 Å². The van der Waals surface area contributed by atoms with Gasteiger partial charge in [0.2, 0.25) is 0 Å². The molecule has 0 saturated heterocycles. The summed E-state index contributed by atoms with van der Waals surface area (Å²) in [6, 6.07) is 25.7. The largest absolute Gasteiger partial charge is 0.491 e. The SMILES string of the molecule is COCCOc1ccc(NCc2cccc(OCCOc3ccccc3)c2)cc1. The zero-order chi connectivity index (χ0) is 20.2. The van der Waals surface area contributed by atoms with Gasteiger partial charge in [0.05, 0.1) is 6.61 Å². The van der Waals surface area contributed by atoms with Gasteiger partial charge in [0.1, 0.15) is 37.1 Å². The van der Waals surface area contributed by atoms with Crippen molar-refractivity contribution in [1.82, 2.24) is 0 Å². The van der Waals surface area contributed by atoms with Crippen LogP contribution < -0.4 is 19.5 Å². The second kappa shape index (κ2) is 11.6. The second-order valence-electron chi connectivity index (χ2n) is 6.38. The van der Waals surface area contributed by atoms with E-state index < -0.39 is 0 Å². The van der Waals surface area contributed by atoms with Crippen LogP contribution in [0.2, 0.25) is 0 Å². The van der Waals surface area contributed by atoms with Gasteiger partial charge in [0.15, 0.2) is 0 Å². The van der Waals surface area contributed by atoms with E-state index in [9.17, 15) is 0 Å². The van der Waals surface area contributed by atoms with E-state index in [2.05, 4.69) is 11.4 Å². The Balaban J connectivity index is 1.41. The van der Waals surface area contributed by atoms with Crippen LogP contribution in [0, 0.1) is 0 Å². The number of hydrogen-bond donors (Lipinski definition) is 1. The maximum atomic E-state index is 5.80. The molecule has 3 aromatic rings. The quantitative estimate of drug-likeness (QED) is 0.449. The lowest BCUT2D eigenvalue weighted by Crippen LogP contribution is -2.09. The molecule has 29 heavy (non-hydrogen) atoms. The molecular formula is C24H27NO4. The Bertz CT molecular complexity index is 837. The van der Waals surface area contributed by atoms with Crippen LogP contribution in [0.4, 0.5) is 5.69 Å². The predicted octanol–water partition coefficient (Wildman–Crippen LogP) is 4.78. The lowest BCUT2D eigenvalue weighted by molar-refractivity contribution is 0.146. The molecule has 3 rings (SSSR count). The van der Waals surface area contributed by atoms with Crippen molar-refractivity contribution >= 4 is 5.69 Å². The third kappa shape index (κ3) is 7.39. The molecule has 0 aliphatic carbocycles. The van der Waals surface area contributed by atoms with E-state index in [0.717, 1.165) is 28.5 Å². The number of anilines is 1. The minimum atomic E-state index is 0.496. The summed E-state index contributed by atoms with van der Waals surface area (Å²) in [4.78, 5) is 0. The average molecular weight is 393 g/mol. The molecular weight excluding hydrogens is 366 g/mol. The van der Waals surface area contributed by atoms with Crippen molar-refractivity contribution in [1.29, 1.82) is 0 Å². The number of hydrogen-bond acceptors (Lipinski definition) is 5. The lowest BCUT2D eigenvalue weighted by Gasteiger charge is -2.11. The molecule has 0 aromatic heterocycles. The molecule has 0 heterocycles. The predicted molar refractivity (Wildman–Crippen MR) is 115 cm³/mol. The third-order valence-corrected chi connectivity index (χ3v) is 4.17. The van der Waals surface area contributed by atoms with E-state index >= 15 is 0 Å². The summed E-state index contributed by atoms with van der Waals surface area (Å²) in [5.74, 6) is 2.52. The Morgan fingerprint density at radius 1 is 0.621 bits per heavy atom. The van der Waals surface area contributed by atoms with E-state index in [4.69, 9.17) is 18.9 Å². The summed E-state index contributed by atoms with van der Waals surface area (Å²) in [7, 11) is 1.66. The molecule has 0 unspecified atom stereocenters. The number of nitrogens with one attached hydrogen (secondary N) is 1. The summed E-state index contributed by atoms with van der Waals surface area (Å²) in [6.45, 7) is 2.84. The van der Waals surface area contributed by atoms with E-state index in [1.54, 1.807) is 7.11 Å². The van der Waals surface area contributed by atoms with Crippen molar-refractivity contribution in [3.05, 3.63) is 84.4 Å². The van der Waals surface area contributed by atoms with Gasteiger partial charge in [-0.05, 0) is 54.1 Å². The molecule has 0 aliphatic rings. The van der Waals surface area contributed by atoms with Gasteiger partial charge in [-0.15, -0.1) is 0 Å². The molecule has 1 N–H and O–H groups in total. The Hall–Kier alpha value is -3.18. The molecule has 0 spiro atoms. The zero-order valence-electron chi connectivity index (χ0n) is 16.7. The van der Waals surface area contributed by atoms with Crippen molar-refractivity contribution in [3.8, 4) is 17.2 Å². The molecule has 5 nitrogen and oxygen atoms in total. The normalized spacial score (nSPS) is 10.4. The number of benzene rings is 3. The average Bonchev–Trinajstić information content (AvgIpc) is 2.77. The van der Waals surface area contributed by atoms with Crippen LogP contribution in [0.3, 0.4) is 0 Å². The van der Waals surface area contributed by atoms with Gasteiger partial charge in [-0.2, -0.15) is 0 Å². The molecule has 0 saturated carbocycles. The lowest BCUT2D eigenvalue weighted by atomic mass is 10.2. The van der Waals surface area contributed by atoms with Gasteiger partial charge in [-0.3, -0.25) is 0 Å². The number of ether oxygens (including phenoxy) is 4. The minimum absolute atomic E-state index is 0.496. The molecule has 3 aromatic carbocycles. The van der Waals surface area contributed by atoms with Crippen LogP contribution in [0.25, 0.3) is 0 Å². The van der Waals surface area contributed by atoms with E-state index in [0.29, 0.717) is 33.0 Å². The van der Waals surface area contributed by atoms with E-state index in [-0.39, 0.29) is 0 Å². The van der Waals surface area contributed by atoms with E-state index in [1.807, 2.05) is 72.8 Å². The van der Waals surface area contributed by atoms with Crippen LogP contribution in [-0.4, -0.2) is 33.5 Å². The molecule has 152 valence electrons. The molecule has 0 amide bonds. The molecule has 0 fully saturated rings. The van der Waals surface area contributed by atoms with Crippen molar-refractivity contribution in [2.75, 3.05) is 38.9 Å². The Morgan fingerprint density at radius 2 is 1.24 bits per heavy atom. The molecule has 0 aliphatic heterocycles. The Kier molecular flexibility index (Phi) is 8.23. The summed E-state index contributed by atoms with van der Waals surface area (Å²) in [5, 5.41) is 3.41. The molecule has 0 radical (unpaired) electrons. The minimum Gasteiger partial charge on any atom is -0.491 e. The van der Waals surface area contributed by atoms with Crippen molar-refractivity contribution in [2.45, 2.75) is 6.54 Å². The van der Waals surface area contributed by atoms with Gasteiger partial charge < -0.3 is 24.3 Å². The highest BCUT2D eigenvalue weighted by molar-refractivity contribution is 5.47. The van der Waals surface area contributed by atoms with Crippen molar-refractivity contribution in [3.63, 3.8) is 0 Å².